The number of para-hydroxylation sites is 2. The monoisotopic (exact) mass is 377 g/mol. The molecule has 3 rings (SSSR count). The number of hydrogen-bond acceptors (Lipinski definition) is 4. The second kappa shape index (κ2) is 8.99. The first-order valence-electron chi connectivity index (χ1n) is 9.32. The summed E-state index contributed by atoms with van der Waals surface area (Å²) in [5.41, 5.74) is 1.77. The fourth-order valence-corrected chi connectivity index (χ4v) is 2.95. The van der Waals surface area contributed by atoms with Gasteiger partial charge < -0.3 is 10.1 Å². The molecule has 0 bridgehead atoms. The molecule has 6 nitrogen and oxygen atoms in total. The van der Waals surface area contributed by atoms with E-state index in [0.29, 0.717) is 30.2 Å². The summed E-state index contributed by atoms with van der Waals surface area (Å²) >= 11 is 0. The van der Waals surface area contributed by atoms with Crippen LogP contribution in [0.5, 0.6) is 5.75 Å². The molecule has 0 radical (unpaired) electrons. The number of ether oxygens (including phenoxy) is 1. The molecule has 1 heterocycles. The first kappa shape index (κ1) is 19.4. The lowest BCUT2D eigenvalue weighted by Gasteiger charge is -2.18. The van der Waals surface area contributed by atoms with Crippen LogP contribution in [0, 0.1) is 0 Å². The van der Waals surface area contributed by atoms with Gasteiger partial charge in [0.05, 0.1) is 18.0 Å². The quantitative estimate of drug-likeness (QED) is 0.678. The summed E-state index contributed by atoms with van der Waals surface area (Å²) in [6.45, 7) is 4.22. The van der Waals surface area contributed by atoms with Gasteiger partial charge in [0, 0.05) is 11.6 Å². The predicted molar refractivity (Wildman–Crippen MR) is 110 cm³/mol. The van der Waals surface area contributed by atoms with Gasteiger partial charge in [0.15, 0.2) is 0 Å². The van der Waals surface area contributed by atoms with E-state index in [1.54, 1.807) is 18.2 Å². The van der Waals surface area contributed by atoms with E-state index in [9.17, 15) is 9.59 Å². The Morgan fingerprint density at radius 2 is 1.75 bits per heavy atom. The predicted octanol–water partition coefficient (Wildman–Crippen LogP) is 3.90. The van der Waals surface area contributed by atoms with E-state index in [0.717, 1.165) is 5.56 Å². The molecule has 6 heteroatoms. The van der Waals surface area contributed by atoms with Crippen LogP contribution in [0.2, 0.25) is 0 Å². The number of nitrogens with one attached hydrogen (secondary N) is 1. The maximum absolute atomic E-state index is 12.9. The Kier molecular flexibility index (Phi) is 6.22. The van der Waals surface area contributed by atoms with Gasteiger partial charge in [-0.1, -0.05) is 49.4 Å². The molecule has 0 aliphatic carbocycles. The third kappa shape index (κ3) is 4.28. The number of benzene rings is 2. The normalized spacial score (nSPS) is 11.6. The lowest BCUT2D eigenvalue weighted by atomic mass is 10.1. The summed E-state index contributed by atoms with van der Waals surface area (Å²) in [4.78, 5) is 25.4. The fourth-order valence-electron chi connectivity index (χ4n) is 2.95. The summed E-state index contributed by atoms with van der Waals surface area (Å²) < 4.78 is 6.81. The van der Waals surface area contributed by atoms with Crippen LogP contribution in [0.15, 0.2) is 71.5 Å². The number of carbonyl (C=O) groups is 1. The number of anilines is 1. The van der Waals surface area contributed by atoms with Gasteiger partial charge in [-0.15, -0.1) is 0 Å². The van der Waals surface area contributed by atoms with E-state index >= 15 is 0 Å². The SMILES string of the molecule is CCOc1ccccc1NC(=O)[C@H](CC)n1nc(-c2ccccc2)ccc1=O. The maximum Gasteiger partial charge on any atom is 0.267 e. The zero-order chi connectivity index (χ0) is 19.9. The van der Waals surface area contributed by atoms with Gasteiger partial charge in [0.2, 0.25) is 5.91 Å². The number of aromatic nitrogens is 2. The maximum atomic E-state index is 12.9. The average molecular weight is 377 g/mol. The minimum Gasteiger partial charge on any atom is -0.492 e. The molecular formula is C22H23N3O3. The molecule has 3 aromatic rings. The third-order valence-corrected chi connectivity index (χ3v) is 4.32. The second-order valence-electron chi connectivity index (χ2n) is 6.21. The summed E-state index contributed by atoms with van der Waals surface area (Å²) in [6, 6.07) is 19.2. The van der Waals surface area contributed by atoms with Crippen molar-refractivity contribution in [1.29, 1.82) is 0 Å². The first-order valence-corrected chi connectivity index (χ1v) is 9.32. The van der Waals surface area contributed by atoms with Crippen LogP contribution in [0.4, 0.5) is 5.69 Å². The highest BCUT2D eigenvalue weighted by Crippen LogP contribution is 2.25. The van der Waals surface area contributed by atoms with E-state index in [1.165, 1.54) is 10.7 Å². The molecule has 0 fully saturated rings. The van der Waals surface area contributed by atoms with Crippen molar-refractivity contribution in [3.8, 4) is 17.0 Å². The molecule has 1 N–H and O–H groups in total. The first-order chi connectivity index (χ1) is 13.6. The molecule has 1 aromatic heterocycles. The van der Waals surface area contributed by atoms with Crippen LogP contribution in [-0.2, 0) is 4.79 Å². The molecular weight excluding hydrogens is 354 g/mol. The zero-order valence-electron chi connectivity index (χ0n) is 16.0. The van der Waals surface area contributed by atoms with Crippen LogP contribution in [0.25, 0.3) is 11.3 Å². The van der Waals surface area contributed by atoms with E-state index in [1.807, 2.05) is 56.3 Å². The molecule has 0 saturated carbocycles. The van der Waals surface area contributed by atoms with Crippen molar-refractivity contribution in [3.63, 3.8) is 0 Å². The molecule has 1 atom stereocenters. The molecule has 28 heavy (non-hydrogen) atoms. The van der Waals surface area contributed by atoms with Gasteiger partial charge >= 0.3 is 0 Å². The molecule has 0 aliphatic rings. The van der Waals surface area contributed by atoms with Crippen molar-refractivity contribution in [1.82, 2.24) is 9.78 Å². The molecule has 2 aromatic carbocycles. The van der Waals surface area contributed by atoms with Crippen LogP contribution in [-0.4, -0.2) is 22.3 Å². The van der Waals surface area contributed by atoms with Crippen molar-refractivity contribution in [2.75, 3.05) is 11.9 Å². The topological polar surface area (TPSA) is 73.2 Å². The molecule has 1 amide bonds. The van der Waals surface area contributed by atoms with Crippen LogP contribution >= 0.6 is 0 Å². The van der Waals surface area contributed by atoms with Crippen molar-refractivity contribution >= 4 is 11.6 Å². The zero-order valence-corrected chi connectivity index (χ0v) is 16.0. The minimum absolute atomic E-state index is 0.311. The Bertz CT molecular complexity index is 999. The van der Waals surface area contributed by atoms with Crippen molar-refractivity contribution in [2.24, 2.45) is 0 Å². The summed E-state index contributed by atoms with van der Waals surface area (Å²) in [5.74, 6) is 0.279. The Labute approximate surface area is 163 Å². The Morgan fingerprint density at radius 3 is 2.46 bits per heavy atom. The largest absolute Gasteiger partial charge is 0.492 e. The van der Waals surface area contributed by atoms with E-state index < -0.39 is 6.04 Å². The van der Waals surface area contributed by atoms with Gasteiger partial charge in [0.25, 0.3) is 5.56 Å². The summed E-state index contributed by atoms with van der Waals surface area (Å²) in [7, 11) is 0. The lowest BCUT2D eigenvalue weighted by Crippen LogP contribution is -2.34. The van der Waals surface area contributed by atoms with Gasteiger partial charge in [-0.25, -0.2) is 4.68 Å². The van der Waals surface area contributed by atoms with Gasteiger partial charge in [-0.2, -0.15) is 5.10 Å². The molecule has 0 spiro atoms. The Balaban J connectivity index is 1.91. The summed E-state index contributed by atoms with van der Waals surface area (Å²) in [5, 5.41) is 7.31. The third-order valence-electron chi connectivity index (χ3n) is 4.32. The number of amides is 1. The van der Waals surface area contributed by atoms with Crippen LogP contribution < -0.4 is 15.6 Å². The summed E-state index contributed by atoms with van der Waals surface area (Å²) in [6.07, 6.45) is 0.424. The molecule has 144 valence electrons. The Morgan fingerprint density at radius 1 is 1.04 bits per heavy atom. The molecule has 0 aliphatic heterocycles. The van der Waals surface area contributed by atoms with Crippen molar-refractivity contribution in [2.45, 2.75) is 26.3 Å². The second-order valence-corrected chi connectivity index (χ2v) is 6.21. The van der Waals surface area contributed by atoms with Crippen LogP contribution in [0.1, 0.15) is 26.3 Å². The van der Waals surface area contributed by atoms with Gasteiger partial charge in [-0.3, -0.25) is 9.59 Å². The van der Waals surface area contributed by atoms with E-state index in [4.69, 9.17) is 4.74 Å². The molecule has 0 unspecified atom stereocenters. The highest BCUT2D eigenvalue weighted by atomic mass is 16.5. The Hall–Kier alpha value is -3.41. The molecule has 0 saturated heterocycles. The number of nitrogens with zero attached hydrogens (tertiary/aromatic N) is 2. The van der Waals surface area contributed by atoms with E-state index in [-0.39, 0.29) is 11.5 Å². The smallest absolute Gasteiger partial charge is 0.267 e. The number of hydrogen-bond donors (Lipinski definition) is 1. The number of carbonyl (C=O) groups excluding carboxylic acids is 1. The van der Waals surface area contributed by atoms with Crippen molar-refractivity contribution < 1.29 is 9.53 Å². The fraction of sp³-hybridized carbons (Fsp3) is 0.227. The standard InChI is InChI=1S/C22H23N3O3/c1-3-19(22(27)23-18-12-8-9-13-20(18)28-4-2)25-21(26)15-14-17(24-25)16-10-6-5-7-11-16/h5-15,19H,3-4H2,1-2H3,(H,23,27)/t19-/m0/s1. The number of rotatable bonds is 7. The van der Waals surface area contributed by atoms with Crippen molar-refractivity contribution in [3.05, 3.63) is 77.1 Å². The highest BCUT2D eigenvalue weighted by Gasteiger charge is 2.22. The highest BCUT2D eigenvalue weighted by molar-refractivity contribution is 5.95. The van der Waals surface area contributed by atoms with Gasteiger partial charge in [-0.05, 0) is 31.5 Å². The van der Waals surface area contributed by atoms with Gasteiger partial charge in [0.1, 0.15) is 11.8 Å². The van der Waals surface area contributed by atoms with Crippen LogP contribution in [0.3, 0.4) is 0 Å². The van der Waals surface area contributed by atoms with E-state index in [2.05, 4.69) is 10.4 Å². The minimum atomic E-state index is -0.731. The lowest BCUT2D eigenvalue weighted by molar-refractivity contribution is -0.119. The average Bonchev–Trinajstić information content (AvgIpc) is 2.72.